The van der Waals surface area contributed by atoms with Crippen molar-refractivity contribution in [3.63, 3.8) is 0 Å². The number of carboxylic acid groups (broad SMARTS) is 1. The van der Waals surface area contributed by atoms with Gasteiger partial charge in [-0.05, 0) is 30.7 Å². The van der Waals surface area contributed by atoms with Gasteiger partial charge in [0.05, 0.1) is 41.3 Å². The fourth-order valence-electron chi connectivity index (χ4n) is 2.76. The zero-order valence-corrected chi connectivity index (χ0v) is 14.8. The van der Waals surface area contributed by atoms with Crippen LogP contribution < -0.4 is 10.8 Å². The Bertz CT molecular complexity index is 1150. The van der Waals surface area contributed by atoms with Crippen LogP contribution in [0.15, 0.2) is 30.6 Å². The number of hydrogen-bond acceptors (Lipinski definition) is 6. The van der Waals surface area contributed by atoms with E-state index in [1.54, 1.807) is 6.92 Å². The highest BCUT2D eigenvalue weighted by Crippen LogP contribution is 2.31. The normalized spacial score (nSPS) is 10.5. The Morgan fingerprint density at radius 3 is 2.79 bits per heavy atom. The predicted octanol–water partition coefficient (Wildman–Crippen LogP) is 2.39. The highest BCUT2D eigenvalue weighted by molar-refractivity contribution is 5.97. The van der Waals surface area contributed by atoms with Crippen LogP contribution in [-0.4, -0.2) is 33.7 Å². The molecule has 142 valence electrons. The van der Waals surface area contributed by atoms with Crippen molar-refractivity contribution in [3.05, 3.63) is 58.7 Å². The molecule has 3 rings (SSSR count). The largest absolute Gasteiger partial charge is 0.478 e. The second-order valence-corrected chi connectivity index (χ2v) is 5.77. The molecule has 28 heavy (non-hydrogen) atoms. The van der Waals surface area contributed by atoms with Gasteiger partial charge in [0.2, 0.25) is 0 Å². The summed E-state index contributed by atoms with van der Waals surface area (Å²) in [6.45, 7) is 1.56. The minimum atomic E-state index is -1.16. The van der Waals surface area contributed by atoms with Crippen LogP contribution in [0.25, 0.3) is 5.52 Å². The van der Waals surface area contributed by atoms with Crippen molar-refractivity contribution in [2.75, 3.05) is 12.4 Å². The van der Waals surface area contributed by atoms with Gasteiger partial charge < -0.3 is 10.4 Å². The Balaban J connectivity index is 2.17. The first-order valence-electron chi connectivity index (χ1n) is 7.91. The van der Waals surface area contributed by atoms with Crippen molar-refractivity contribution in [3.8, 4) is 6.07 Å². The second kappa shape index (κ2) is 7.34. The van der Waals surface area contributed by atoms with E-state index in [9.17, 15) is 24.3 Å². The lowest BCUT2D eigenvalue weighted by molar-refractivity contribution is 0.0537. The number of nitriles is 1. The number of amides is 1. The molecular weight excluding hydrogens is 369 g/mol. The van der Waals surface area contributed by atoms with E-state index in [-0.39, 0.29) is 28.1 Å². The number of anilines is 2. The Kier molecular flexibility index (Phi) is 4.93. The third-order valence-electron chi connectivity index (χ3n) is 4.09. The summed E-state index contributed by atoms with van der Waals surface area (Å²) in [7, 11) is 1.27. The maximum absolute atomic E-state index is 14.3. The molecule has 10 heteroatoms. The molecule has 0 saturated heterocycles. The lowest BCUT2D eigenvalue weighted by Crippen LogP contribution is -2.21. The van der Waals surface area contributed by atoms with Crippen molar-refractivity contribution in [2.45, 2.75) is 6.92 Å². The lowest BCUT2D eigenvalue weighted by atomic mass is 10.1. The Morgan fingerprint density at radius 1 is 1.39 bits per heavy atom. The fraction of sp³-hybridized carbons (Fsp3) is 0.111. The van der Waals surface area contributed by atoms with E-state index in [1.165, 1.54) is 36.2 Å². The third-order valence-corrected chi connectivity index (χ3v) is 4.09. The van der Waals surface area contributed by atoms with E-state index in [2.05, 4.69) is 20.7 Å². The zero-order chi connectivity index (χ0) is 20.4. The number of nitrogens with zero attached hydrogens (tertiary/aromatic N) is 3. The fourth-order valence-corrected chi connectivity index (χ4v) is 2.76. The molecule has 0 unspecified atom stereocenters. The van der Waals surface area contributed by atoms with Gasteiger partial charge in [0.15, 0.2) is 0 Å². The van der Waals surface area contributed by atoms with Crippen LogP contribution in [0.4, 0.5) is 15.8 Å². The topological polar surface area (TPSA) is 129 Å². The summed E-state index contributed by atoms with van der Waals surface area (Å²) in [4.78, 5) is 27.9. The van der Waals surface area contributed by atoms with Gasteiger partial charge in [0.1, 0.15) is 11.9 Å². The summed E-state index contributed by atoms with van der Waals surface area (Å²) in [6, 6.07) is 5.55. The van der Waals surface area contributed by atoms with Crippen LogP contribution in [0.3, 0.4) is 0 Å². The monoisotopic (exact) mass is 383 g/mol. The molecule has 0 fully saturated rings. The highest BCUT2D eigenvalue weighted by atomic mass is 19.1. The average Bonchev–Trinajstić information content (AvgIpc) is 3.01. The van der Waals surface area contributed by atoms with Gasteiger partial charge >= 0.3 is 5.97 Å². The first-order chi connectivity index (χ1) is 13.4. The summed E-state index contributed by atoms with van der Waals surface area (Å²) >= 11 is 0. The first kappa shape index (κ1) is 18.8. The van der Waals surface area contributed by atoms with E-state index < -0.39 is 17.7 Å². The number of nitrogens with one attached hydrogen (secondary N) is 2. The number of halogens is 1. The molecular formula is C18H14FN5O4. The van der Waals surface area contributed by atoms with Crippen molar-refractivity contribution >= 4 is 28.8 Å². The van der Waals surface area contributed by atoms with Crippen LogP contribution in [-0.2, 0) is 4.84 Å². The SMILES string of the molecule is CONC(=O)c1ccc(F)c(Nc2c(C#N)cnn3cc(C(=O)O)c(C)c23)c1. The molecule has 2 aromatic heterocycles. The summed E-state index contributed by atoms with van der Waals surface area (Å²) in [5.41, 5.74) is 3.08. The molecule has 3 aromatic rings. The second-order valence-electron chi connectivity index (χ2n) is 5.77. The Morgan fingerprint density at radius 2 is 2.14 bits per heavy atom. The number of rotatable bonds is 5. The van der Waals surface area contributed by atoms with Crippen molar-refractivity contribution in [2.24, 2.45) is 0 Å². The smallest absolute Gasteiger partial charge is 0.337 e. The summed E-state index contributed by atoms with van der Waals surface area (Å²) < 4.78 is 15.6. The van der Waals surface area contributed by atoms with Gasteiger partial charge in [-0.15, -0.1) is 0 Å². The van der Waals surface area contributed by atoms with Gasteiger partial charge in [0.25, 0.3) is 5.91 Å². The summed E-state index contributed by atoms with van der Waals surface area (Å²) in [5.74, 6) is -2.41. The molecule has 0 aliphatic rings. The number of aromatic nitrogens is 2. The minimum Gasteiger partial charge on any atom is -0.478 e. The summed E-state index contributed by atoms with van der Waals surface area (Å²) in [5, 5.41) is 25.6. The van der Waals surface area contributed by atoms with Crippen molar-refractivity contribution < 1.29 is 23.9 Å². The maximum atomic E-state index is 14.3. The number of carbonyl (C=O) groups is 2. The molecule has 0 spiro atoms. The number of carboxylic acids is 1. The number of hydrogen-bond donors (Lipinski definition) is 3. The molecule has 0 atom stereocenters. The van der Waals surface area contributed by atoms with Crippen molar-refractivity contribution in [1.82, 2.24) is 15.1 Å². The van der Waals surface area contributed by atoms with Crippen LogP contribution in [0.2, 0.25) is 0 Å². The number of carbonyl (C=O) groups excluding carboxylic acids is 1. The molecule has 9 nitrogen and oxygen atoms in total. The Labute approximate surface area is 157 Å². The van der Waals surface area contributed by atoms with Gasteiger partial charge in [-0.25, -0.2) is 19.2 Å². The van der Waals surface area contributed by atoms with E-state index in [0.717, 1.165) is 6.07 Å². The van der Waals surface area contributed by atoms with Gasteiger partial charge in [-0.2, -0.15) is 10.4 Å². The van der Waals surface area contributed by atoms with E-state index >= 15 is 0 Å². The quantitative estimate of drug-likeness (QED) is 0.577. The number of benzene rings is 1. The molecule has 0 saturated carbocycles. The number of fused-ring (bicyclic) bond motifs is 1. The van der Waals surface area contributed by atoms with Crippen LogP contribution in [0, 0.1) is 24.1 Å². The van der Waals surface area contributed by atoms with Crippen LogP contribution >= 0.6 is 0 Å². The highest BCUT2D eigenvalue weighted by Gasteiger charge is 2.20. The lowest BCUT2D eigenvalue weighted by Gasteiger charge is -2.13. The van der Waals surface area contributed by atoms with E-state index in [1.807, 2.05) is 6.07 Å². The Hall–Kier alpha value is -3.97. The maximum Gasteiger partial charge on any atom is 0.337 e. The van der Waals surface area contributed by atoms with Gasteiger partial charge in [-0.3, -0.25) is 9.63 Å². The molecule has 1 amide bonds. The average molecular weight is 383 g/mol. The standard InChI is InChI=1S/C18H14FN5O4/c1-9-12(18(26)27)8-24-16(9)15(11(6-20)7-21-24)22-14-5-10(3-4-13(14)19)17(25)23-28-2/h3-5,7-8,22H,1-2H3,(H,23,25)(H,26,27). The summed E-state index contributed by atoms with van der Waals surface area (Å²) in [6.07, 6.45) is 2.54. The minimum absolute atomic E-state index is 0.000616. The first-order valence-corrected chi connectivity index (χ1v) is 7.91. The molecule has 0 aliphatic carbocycles. The molecule has 0 aliphatic heterocycles. The predicted molar refractivity (Wildman–Crippen MR) is 95.8 cm³/mol. The number of hydroxylamine groups is 1. The zero-order valence-electron chi connectivity index (χ0n) is 14.8. The van der Waals surface area contributed by atoms with E-state index in [4.69, 9.17) is 0 Å². The number of aryl methyl sites for hydroxylation is 1. The molecule has 2 heterocycles. The van der Waals surface area contributed by atoms with Crippen molar-refractivity contribution in [1.29, 1.82) is 5.26 Å². The molecule has 1 aromatic carbocycles. The van der Waals surface area contributed by atoms with Gasteiger partial charge in [0, 0.05) is 11.8 Å². The van der Waals surface area contributed by atoms with Gasteiger partial charge in [-0.1, -0.05) is 0 Å². The molecule has 0 radical (unpaired) electrons. The van der Waals surface area contributed by atoms with Crippen LogP contribution in [0.1, 0.15) is 31.8 Å². The molecule has 0 bridgehead atoms. The molecule has 3 N–H and O–H groups in total. The van der Waals surface area contributed by atoms with Crippen LogP contribution in [0.5, 0.6) is 0 Å². The third kappa shape index (κ3) is 3.22. The number of aromatic carboxylic acids is 1. The van der Waals surface area contributed by atoms with E-state index in [0.29, 0.717) is 11.1 Å².